The van der Waals surface area contributed by atoms with Crippen LogP contribution in [0, 0.1) is 0 Å². The molecule has 2 aromatic rings. The summed E-state index contributed by atoms with van der Waals surface area (Å²) in [4.78, 5) is 6.69. The number of hydrogen-bond acceptors (Lipinski definition) is 3. The Kier molecular flexibility index (Phi) is 5.78. The molecule has 1 aliphatic rings. The smallest absolute Gasteiger partial charge is 0.0321 e. The molecule has 0 amide bonds. The molecule has 1 fully saturated rings. The molecule has 3 heteroatoms. The number of nitrogens with one attached hydrogen (secondary N) is 1. The van der Waals surface area contributed by atoms with Gasteiger partial charge < -0.3 is 5.32 Å². The van der Waals surface area contributed by atoms with E-state index in [0.29, 0.717) is 12.1 Å². The van der Waals surface area contributed by atoms with Gasteiger partial charge in [0.2, 0.25) is 0 Å². The largest absolute Gasteiger partial charge is 0.307 e. The molecule has 0 radical (unpaired) electrons. The second-order valence-electron chi connectivity index (χ2n) is 6.44. The molecule has 122 valence electrons. The highest BCUT2D eigenvalue weighted by molar-refractivity contribution is 5.16. The van der Waals surface area contributed by atoms with E-state index in [4.69, 9.17) is 0 Å². The van der Waals surface area contributed by atoms with Gasteiger partial charge in [0, 0.05) is 31.0 Å². The summed E-state index contributed by atoms with van der Waals surface area (Å²) in [6, 6.07) is 16.1. The molecular weight excluding hydrogens is 282 g/mol. The topological polar surface area (TPSA) is 28.2 Å². The van der Waals surface area contributed by atoms with Gasteiger partial charge in [0.1, 0.15) is 0 Å². The van der Waals surface area contributed by atoms with Crippen molar-refractivity contribution in [1.82, 2.24) is 15.2 Å². The summed E-state index contributed by atoms with van der Waals surface area (Å²) in [5.74, 6) is 0. The lowest BCUT2D eigenvalue weighted by Gasteiger charge is -2.34. The van der Waals surface area contributed by atoms with Crippen LogP contribution in [-0.2, 0) is 6.54 Å². The number of rotatable bonds is 6. The van der Waals surface area contributed by atoms with E-state index in [0.717, 1.165) is 13.0 Å². The SMILES string of the molecule is CC[C@H](NC1CCN(Cc2ccccc2)CC1)c1ccncc1. The van der Waals surface area contributed by atoms with E-state index >= 15 is 0 Å². The zero-order valence-electron chi connectivity index (χ0n) is 14.0. The van der Waals surface area contributed by atoms with Gasteiger partial charge in [0.15, 0.2) is 0 Å². The number of pyridine rings is 1. The Hall–Kier alpha value is -1.71. The molecular formula is C20H27N3. The fraction of sp³-hybridized carbons (Fsp3) is 0.450. The average molecular weight is 309 g/mol. The van der Waals surface area contributed by atoms with Crippen molar-refractivity contribution in [3.05, 3.63) is 66.0 Å². The Morgan fingerprint density at radius 1 is 1.09 bits per heavy atom. The lowest BCUT2D eigenvalue weighted by Crippen LogP contribution is -2.43. The summed E-state index contributed by atoms with van der Waals surface area (Å²) in [6.07, 6.45) is 7.36. The maximum Gasteiger partial charge on any atom is 0.0321 e. The third kappa shape index (κ3) is 4.63. The normalized spacial score (nSPS) is 18.0. The molecule has 3 rings (SSSR count). The Morgan fingerprint density at radius 2 is 1.78 bits per heavy atom. The molecule has 1 aromatic heterocycles. The van der Waals surface area contributed by atoms with Crippen molar-refractivity contribution in [3.63, 3.8) is 0 Å². The first kappa shape index (κ1) is 16.2. The summed E-state index contributed by atoms with van der Waals surface area (Å²) in [5.41, 5.74) is 2.77. The van der Waals surface area contributed by atoms with Crippen LogP contribution in [0.25, 0.3) is 0 Å². The van der Waals surface area contributed by atoms with E-state index < -0.39 is 0 Å². The third-order valence-electron chi connectivity index (χ3n) is 4.79. The molecule has 0 spiro atoms. The highest BCUT2D eigenvalue weighted by Gasteiger charge is 2.21. The quantitative estimate of drug-likeness (QED) is 0.880. The minimum atomic E-state index is 0.448. The van der Waals surface area contributed by atoms with Gasteiger partial charge in [-0.2, -0.15) is 0 Å². The number of benzene rings is 1. The number of hydrogen-bond donors (Lipinski definition) is 1. The molecule has 1 saturated heterocycles. The minimum Gasteiger partial charge on any atom is -0.307 e. The van der Waals surface area contributed by atoms with Crippen molar-refractivity contribution in [2.75, 3.05) is 13.1 Å². The van der Waals surface area contributed by atoms with Crippen molar-refractivity contribution in [2.45, 2.75) is 44.8 Å². The molecule has 1 aliphatic heterocycles. The van der Waals surface area contributed by atoms with Gasteiger partial charge in [-0.25, -0.2) is 0 Å². The van der Waals surface area contributed by atoms with Crippen molar-refractivity contribution in [1.29, 1.82) is 0 Å². The molecule has 1 aromatic carbocycles. The molecule has 1 N–H and O–H groups in total. The summed E-state index contributed by atoms with van der Waals surface area (Å²) < 4.78 is 0. The lowest BCUT2D eigenvalue weighted by atomic mass is 9.99. The summed E-state index contributed by atoms with van der Waals surface area (Å²) in [6.45, 7) is 5.69. The molecule has 3 nitrogen and oxygen atoms in total. The number of likely N-dealkylation sites (tertiary alicyclic amines) is 1. The Bertz CT molecular complexity index is 562. The zero-order chi connectivity index (χ0) is 15.9. The van der Waals surface area contributed by atoms with Crippen LogP contribution >= 0.6 is 0 Å². The zero-order valence-corrected chi connectivity index (χ0v) is 14.0. The summed E-state index contributed by atoms with van der Waals surface area (Å²) >= 11 is 0. The fourth-order valence-electron chi connectivity index (χ4n) is 3.43. The molecule has 2 heterocycles. The first-order valence-electron chi connectivity index (χ1n) is 8.77. The second kappa shape index (κ2) is 8.23. The molecule has 0 bridgehead atoms. The van der Waals surface area contributed by atoms with E-state index in [9.17, 15) is 0 Å². The van der Waals surface area contributed by atoms with Crippen molar-refractivity contribution in [3.8, 4) is 0 Å². The number of aromatic nitrogens is 1. The first-order valence-corrected chi connectivity index (χ1v) is 8.77. The second-order valence-corrected chi connectivity index (χ2v) is 6.44. The van der Waals surface area contributed by atoms with Gasteiger partial charge in [-0.05, 0) is 55.6 Å². The molecule has 1 atom stereocenters. The van der Waals surface area contributed by atoms with E-state index in [2.05, 4.69) is 64.6 Å². The standard InChI is InChI=1S/C20H27N3/c1-2-20(18-8-12-21-13-9-18)22-19-10-14-23(15-11-19)16-17-6-4-3-5-7-17/h3-9,12-13,19-20,22H,2,10-11,14-16H2,1H3/t20-/m0/s1. The Morgan fingerprint density at radius 3 is 2.43 bits per heavy atom. The molecule has 23 heavy (non-hydrogen) atoms. The van der Waals surface area contributed by atoms with Gasteiger partial charge >= 0.3 is 0 Å². The molecule has 0 saturated carbocycles. The fourth-order valence-corrected chi connectivity index (χ4v) is 3.43. The van der Waals surface area contributed by atoms with Crippen LogP contribution in [0.2, 0.25) is 0 Å². The van der Waals surface area contributed by atoms with Gasteiger partial charge in [0.05, 0.1) is 0 Å². The van der Waals surface area contributed by atoms with Crippen LogP contribution in [-0.4, -0.2) is 29.0 Å². The summed E-state index contributed by atoms with van der Waals surface area (Å²) in [5, 5.41) is 3.85. The van der Waals surface area contributed by atoms with Crippen molar-refractivity contribution in [2.24, 2.45) is 0 Å². The van der Waals surface area contributed by atoms with E-state index in [-0.39, 0.29) is 0 Å². The maximum absolute atomic E-state index is 4.12. The monoisotopic (exact) mass is 309 g/mol. The van der Waals surface area contributed by atoms with Crippen LogP contribution < -0.4 is 5.32 Å². The maximum atomic E-state index is 4.12. The van der Waals surface area contributed by atoms with Crippen molar-refractivity contribution < 1.29 is 0 Å². The van der Waals surface area contributed by atoms with Crippen LogP contribution in [0.15, 0.2) is 54.9 Å². The number of nitrogens with zero attached hydrogens (tertiary/aromatic N) is 2. The van der Waals surface area contributed by atoms with E-state index in [1.807, 2.05) is 12.4 Å². The average Bonchev–Trinajstić information content (AvgIpc) is 2.63. The van der Waals surface area contributed by atoms with E-state index in [1.54, 1.807) is 0 Å². The van der Waals surface area contributed by atoms with Gasteiger partial charge in [-0.3, -0.25) is 9.88 Å². The highest BCUT2D eigenvalue weighted by atomic mass is 15.1. The lowest BCUT2D eigenvalue weighted by molar-refractivity contribution is 0.183. The summed E-state index contributed by atoms with van der Waals surface area (Å²) in [7, 11) is 0. The Labute approximate surface area is 139 Å². The first-order chi connectivity index (χ1) is 11.3. The van der Waals surface area contributed by atoms with Gasteiger partial charge in [-0.15, -0.1) is 0 Å². The third-order valence-corrected chi connectivity index (χ3v) is 4.79. The minimum absolute atomic E-state index is 0.448. The van der Waals surface area contributed by atoms with Crippen LogP contribution in [0.4, 0.5) is 0 Å². The van der Waals surface area contributed by atoms with Gasteiger partial charge in [-0.1, -0.05) is 37.3 Å². The predicted molar refractivity (Wildman–Crippen MR) is 95.1 cm³/mol. The molecule has 0 unspecified atom stereocenters. The van der Waals surface area contributed by atoms with Crippen LogP contribution in [0.3, 0.4) is 0 Å². The predicted octanol–water partition coefficient (Wildman–Crippen LogP) is 3.79. The molecule has 0 aliphatic carbocycles. The Balaban J connectivity index is 1.49. The number of piperidine rings is 1. The van der Waals surface area contributed by atoms with Crippen LogP contribution in [0.1, 0.15) is 43.4 Å². The van der Waals surface area contributed by atoms with E-state index in [1.165, 1.54) is 37.1 Å². The van der Waals surface area contributed by atoms with Crippen LogP contribution in [0.5, 0.6) is 0 Å². The highest BCUT2D eigenvalue weighted by Crippen LogP contribution is 2.20. The van der Waals surface area contributed by atoms with Crippen molar-refractivity contribution >= 4 is 0 Å². The van der Waals surface area contributed by atoms with Gasteiger partial charge in [0.25, 0.3) is 0 Å².